The lowest BCUT2D eigenvalue weighted by Crippen LogP contribution is -2.52. The van der Waals surface area contributed by atoms with Gasteiger partial charge in [-0.2, -0.15) is 5.10 Å². The van der Waals surface area contributed by atoms with Crippen LogP contribution in [-0.2, 0) is 0 Å². The summed E-state index contributed by atoms with van der Waals surface area (Å²) in [7, 11) is 0. The number of nitrogens with zero attached hydrogens (tertiary/aromatic N) is 6. The lowest BCUT2D eigenvalue weighted by atomic mass is 10.0. The lowest BCUT2D eigenvalue weighted by Gasteiger charge is -2.37. The van der Waals surface area contributed by atoms with Crippen LogP contribution in [0.1, 0.15) is 29.9 Å². The number of rotatable bonds is 3. The molecule has 2 aliphatic rings. The average molecular weight is 417 g/mol. The number of halogens is 2. The molecule has 0 bridgehead atoms. The van der Waals surface area contributed by atoms with Crippen LogP contribution in [0.2, 0.25) is 0 Å². The van der Waals surface area contributed by atoms with E-state index in [1.54, 1.807) is 17.3 Å². The first-order valence-electron chi connectivity index (χ1n) is 9.49. The molecule has 158 valence electrons. The number of hydrogen-bond donors (Lipinski definition) is 2. The molecule has 0 radical (unpaired) electrons. The highest BCUT2D eigenvalue weighted by Gasteiger charge is 2.33. The van der Waals surface area contributed by atoms with Gasteiger partial charge in [0.15, 0.2) is 0 Å². The third kappa shape index (κ3) is 4.07. The number of urea groups is 1. The first kappa shape index (κ1) is 20.1. The fraction of sp³-hybridized carbons (Fsp3) is 0.368. The van der Waals surface area contributed by atoms with Crippen molar-refractivity contribution in [3.8, 4) is 0 Å². The summed E-state index contributed by atoms with van der Waals surface area (Å²) in [5.74, 6) is -0.816. The van der Waals surface area contributed by atoms with Gasteiger partial charge in [0.2, 0.25) is 0 Å². The Bertz CT molecular complexity index is 943. The third-order valence-corrected chi connectivity index (χ3v) is 5.11. The van der Waals surface area contributed by atoms with Crippen LogP contribution in [0.5, 0.6) is 0 Å². The molecule has 2 amide bonds. The monoisotopic (exact) mass is 417 g/mol. The molecule has 1 aromatic heterocycles. The van der Waals surface area contributed by atoms with Crippen molar-refractivity contribution in [2.75, 3.05) is 31.1 Å². The molecule has 2 aromatic rings. The summed E-state index contributed by atoms with van der Waals surface area (Å²) >= 11 is 0. The zero-order valence-electron chi connectivity index (χ0n) is 16.0. The molecule has 1 fully saturated rings. The number of carbonyl (C=O) groups is 1. The molecule has 30 heavy (non-hydrogen) atoms. The number of carbonyl (C=O) groups excluding carboxylic acids is 1. The molecule has 1 saturated heterocycles. The highest BCUT2D eigenvalue weighted by Crippen LogP contribution is 2.30. The van der Waals surface area contributed by atoms with E-state index in [-0.39, 0.29) is 11.7 Å². The summed E-state index contributed by atoms with van der Waals surface area (Å²) in [4.78, 5) is 24.9. The van der Waals surface area contributed by atoms with E-state index in [4.69, 9.17) is 5.73 Å². The van der Waals surface area contributed by atoms with Gasteiger partial charge in [0.25, 0.3) is 0 Å². The maximum absolute atomic E-state index is 13.6. The van der Waals surface area contributed by atoms with Crippen LogP contribution in [0.3, 0.4) is 0 Å². The van der Waals surface area contributed by atoms with Gasteiger partial charge in [-0.05, 0) is 17.7 Å². The predicted octanol–water partition coefficient (Wildman–Crippen LogP) is 1.38. The molecule has 2 atom stereocenters. The fourth-order valence-electron chi connectivity index (χ4n) is 3.58. The van der Waals surface area contributed by atoms with Crippen LogP contribution in [0.25, 0.3) is 0 Å². The van der Waals surface area contributed by atoms with Crippen LogP contribution in [-0.4, -0.2) is 63.4 Å². The van der Waals surface area contributed by atoms with Gasteiger partial charge in [0.05, 0.1) is 18.4 Å². The van der Waals surface area contributed by atoms with E-state index in [0.717, 1.165) is 6.07 Å². The Morgan fingerprint density at radius 2 is 1.83 bits per heavy atom. The van der Waals surface area contributed by atoms with E-state index in [2.05, 4.69) is 15.1 Å². The minimum atomic E-state index is -1.21. The van der Waals surface area contributed by atoms with E-state index in [1.165, 1.54) is 23.3 Å². The summed E-state index contributed by atoms with van der Waals surface area (Å²) in [5.41, 5.74) is 6.07. The van der Waals surface area contributed by atoms with Gasteiger partial charge in [0, 0.05) is 44.9 Å². The lowest BCUT2D eigenvalue weighted by molar-refractivity contribution is 0.139. The maximum atomic E-state index is 13.6. The Labute approximate surface area is 171 Å². The van der Waals surface area contributed by atoms with Crippen molar-refractivity contribution >= 4 is 18.1 Å². The van der Waals surface area contributed by atoms with Crippen LogP contribution in [0, 0.1) is 11.6 Å². The number of hydrazone groups is 1. The molecule has 3 heterocycles. The highest BCUT2D eigenvalue weighted by atomic mass is 19.1. The van der Waals surface area contributed by atoms with Crippen molar-refractivity contribution in [1.29, 1.82) is 0 Å². The van der Waals surface area contributed by atoms with Gasteiger partial charge in [0.1, 0.15) is 29.4 Å². The third-order valence-electron chi connectivity index (χ3n) is 5.11. The van der Waals surface area contributed by atoms with Crippen molar-refractivity contribution in [3.63, 3.8) is 0 Å². The molecular weight excluding hydrogens is 396 g/mol. The van der Waals surface area contributed by atoms with Gasteiger partial charge in [-0.15, -0.1) is 0 Å². The molecule has 2 aliphatic heterocycles. The number of piperazine rings is 1. The largest absolute Gasteiger partial charge is 0.373 e. The predicted molar refractivity (Wildman–Crippen MR) is 104 cm³/mol. The van der Waals surface area contributed by atoms with E-state index in [0.29, 0.717) is 44.0 Å². The Hall–Kier alpha value is -3.18. The van der Waals surface area contributed by atoms with Gasteiger partial charge < -0.3 is 20.6 Å². The number of aliphatic hydroxyl groups excluding tert-OH is 1. The second kappa shape index (κ2) is 8.28. The Balaban J connectivity index is 1.42. The second-order valence-electron chi connectivity index (χ2n) is 7.10. The molecule has 4 rings (SSSR count). The number of nitrogens with two attached hydrogens (primary N) is 1. The second-order valence-corrected chi connectivity index (χ2v) is 7.10. The van der Waals surface area contributed by atoms with Crippen molar-refractivity contribution in [2.45, 2.75) is 18.7 Å². The first-order chi connectivity index (χ1) is 14.4. The SMILES string of the molecule is NC(O)c1cncc(N2CCN(C(=O)N3N=CC[C@H]3c3cc(F)cc(F)c3)CC2)n1. The first-order valence-corrected chi connectivity index (χ1v) is 9.49. The van der Waals surface area contributed by atoms with Gasteiger partial charge in [-0.3, -0.25) is 4.98 Å². The van der Waals surface area contributed by atoms with Crippen LogP contribution in [0.15, 0.2) is 35.7 Å². The fourth-order valence-corrected chi connectivity index (χ4v) is 3.58. The summed E-state index contributed by atoms with van der Waals surface area (Å²) in [5, 5.41) is 14.9. The Morgan fingerprint density at radius 1 is 1.13 bits per heavy atom. The van der Waals surface area contributed by atoms with E-state index in [9.17, 15) is 18.7 Å². The molecule has 1 unspecified atom stereocenters. The zero-order chi connectivity index (χ0) is 21.3. The Morgan fingerprint density at radius 3 is 2.50 bits per heavy atom. The minimum absolute atomic E-state index is 0.266. The van der Waals surface area contributed by atoms with Crippen molar-refractivity contribution in [1.82, 2.24) is 19.9 Å². The molecule has 0 saturated carbocycles. The van der Waals surface area contributed by atoms with E-state index in [1.807, 2.05) is 4.90 Å². The number of hydrogen-bond acceptors (Lipinski definition) is 7. The van der Waals surface area contributed by atoms with Gasteiger partial charge in [-0.1, -0.05) is 0 Å². The summed E-state index contributed by atoms with van der Waals surface area (Å²) in [6.07, 6.45) is 3.72. The number of aromatic nitrogens is 2. The number of anilines is 1. The number of benzene rings is 1. The normalized spacial score (nSPS) is 20.0. The number of amides is 2. The highest BCUT2D eigenvalue weighted by molar-refractivity contribution is 5.78. The van der Waals surface area contributed by atoms with Crippen LogP contribution >= 0.6 is 0 Å². The molecule has 11 heteroatoms. The summed E-state index contributed by atoms with van der Waals surface area (Å²) in [6.45, 7) is 1.82. The molecule has 0 aliphatic carbocycles. The summed E-state index contributed by atoms with van der Waals surface area (Å²) in [6, 6.07) is 2.37. The minimum Gasteiger partial charge on any atom is -0.373 e. The van der Waals surface area contributed by atoms with Crippen molar-refractivity contribution < 1.29 is 18.7 Å². The van der Waals surface area contributed by atoms with E-state index >= 15 is 0 Å². The van der Waals surface area contributed by atoms with E-state index < -0.39 is 23.9 Å². The average Bonchev–Trinajstić information content (AvgIpc) is 3.23. The van der Waals surface area contributed by atoms with Crippen molar-refractivity contribution in [2.24, 2.45) is 10.8 Å². The topological polar surface area (TPSA) is 111 Å². The standard InChI is InChI=1S/C19H21F2N7O2/c20-13-7-12(8-14(21)9-13)16-1-2-24-28(16)19(30)27-5-3-26(4-6-27)17-11-23-10-15(25-17)18(22)29/h2,7-11,16,18,29H,1,3-6,22H2/t16-,18?/m0/s1. The molecule has 0 spiro atoms. The maximum Gasteiger partial charge on any atom is 0.341 e. The Kier molecular flexibility index (Phi) is 5.55. The molecule has 3 N–H and O–H groups in total. The smallest absolute Gasteiger partial charge is 0.341 e. The quantitative estimate of drug-likeness (QED) is 0.730. The summed E-state index contributed by atoms with van der Waals surface area (Å²) < 4.78 is 27.2. The van der Waals surface area contributed by atoms with Crippen molar-refractivity contribution in [3.05, 3.63) is 53.5 Å². The number of aliphatic hydroxyl groups is 1. The van der Waals surface area contributed by atoms with Crippen LogP contribution < -0.4 is 10.6 Å². The zero-order valence-corrected chi connectivity index (χ0v) is 16.0. The molecule has 9 nitrogen and oxygen atoms in total. The molecule has 1 aromatic carbocycles. The van der Waals surface area contributed by atoms with Gasteiger partial charge >= 0.3 is 6.03 Å². The van der Waals surface area contributed by atoms with Crippen LogP contribution in [0.4, 0.5) is 19.4 Å². The van der Waals surface area contributed by atoms with Gasteiger partial charge in [-0.25, -0.2) is 23.6 Å². The molecular formula is C19H21F2N7O2.